The summed E-state index contributed by atoms with van der Waals surface area (Å²) in [6.07, 6.45) is 4.39. The monoisotopic (exact) mass is 185 g/mol. The molecule has 1 fully saturated rings. The first-order valence-corrected chi connectivity index (χ1v) is 4.97. The van der Waals surface area contributed by atoms with Gasteiger partial charge in [-0.25, -0.2) is 0 Å². The van der Waals surface area contributed by atoms with Gasteiger partial charge in [0.25, 0.3) is 0 Å². The van der Waals surface area contributed by atoms with Gasteiger partial charge in [0.15, 0.2) is 0 Å². The Balaban J connectivity index is 2.43. The van der Waals surface area contributed by atoms with Crippen LogP contribution in [0.3, 0.4) is 0 Å². The molecule has 1 saturated carbocycles. The van der Waals surface area contributed by atoms with E-state index < -0.39 is 6.61 Å². The van der Waals surface area contributed by atoms with Gasteiger partial charge in [-0.15, -0.1) is 0 Å². The standard InChI is InChI=1S/C10H19NO2/c1-8-3-5-10(2,6-4-8)11-9(13)7-12/h8,12H,3-7H2,1-2H3,(H,11,13). The molecule has 1 amide bonds. The van der Waals surface area contributed by atoms with Crippen molar-refractivity contribution in [3.63, 3.8) is 0 Å². The zero-order chi connectivity index (χ0) is 9.90. The highest BCUT2D eigenvalue weighted by Gasteiger charge is 2.30. The third-order valence-corrected chi connectivity index (χ3v) is 2.96. The first kappa shape index (κ1) is 10.5. The topological polar surface area (TPSA) is 49.3 Å². The summed E-state index contributed by atoms with van der Waals surface area (Å²) in [5, 5.41) is 11.5. The van der Waals surface area contributed by atoms with E-state index in [4.69, 9.17) is 5.11 Å². The van der Waals surface area contributed by atoms with Gasteiger partial charge in [0.2, 0.25) is 5.91 Å². The fraction of sp³-hybridized carbons (Fsp3) is 0.900. The van der Waals surface area contributed by atoms with E-state index >= 15 is 0 Å². The minimum absolute atomic E-state index is 0.0771. The Bertz CT molecular complexity index is 183. The number of hydrogen-bond donors (Lipinski definition) is 2. The molecule has 0 aliphatic heterocycles. The maximum atomic E-state index is 11.0. The number of aliphatic hydroxyl groups excluding tert-OH is 1. The van der Waals surface area contributed by atoms with Crippen molar-refractivity contribution in [1.29, 1.82) is 0 Å². The van der Waals surface area contributed by atoms with Crippen LogP contribution >= 0.6 is 0 Å². The summed E-state index contributed by atoms with van der Waals surface area (Å²) >= 11 is 0. The summed E-state index contributed by atoms with van der Waals surface area (Å²) in [6, 6.07) is 0. The molecular weight excluding hydrogens is 166 g/mol. The maximum absolute atomic E-state index is 11.0. The van der Waals surface area contributed by atoms with Gasteiger partial charge < -0.3 is 10.4 Å². The number of nitrogens with one attached hydrogen (secondary N) is 1. The van der Waals surface area contributed by atoms with Crippen molar-refractivity contribution < 1.29 is 9.90 Å². The predicted molar refractivity (Wildman–Crippen MR) is 51.3 cm³/mol. The maximum Gasteiger partial charge on any atom is 0.246 e. The Morgan fingerprint density at radius 3 is 2.54 bits per heavy atom. The van der Waals surface area contributed by atoms with Crippen LogP contribution in [0.1, 0.15) is 39.5 Å². The number of rotatable bonds is 2. The largest absolute Gasteiger partial charge is 0.387 e. The van der Waals surface area contributed by atoms with E-state index in [2.05, 4.69) is 19.2 Å². The smallest absolute Gasteiger partial charge is 0.246 e. The van der Waals surface area contributed by atoms with Crippen LogP contribution < -0.4 is 5.32 Å². The minimum Gasteiger partial charge on any atom is -0.387 e. The Morgan fingerprint density at radius 2 is 2.08 bits per heavy atom. The van der Waals surface area contributed by atoms with Gasteiger partial charge in [-0.05, 0) is 38.5 Å². The molecule has 2 N–H and O–H groups in total. The molecule has 0 aromatic heterocycles. The minimum atomic E-state index is -0.398. The zero-order valence-electron chi connectivity index (χ0n) is 8.47. The second kappa shape index (κ2) is 4.09. The molecule has 0 saturated heterocycles. The lowest BCUT2D eigenvalue weighted by Crippen LogP contribution is -2.49. The van der Waals surface area contributed by atoms with Crippen LogP contribution in [0.2, 0.25) is 0 Å². The van der Waals surface area contributed by atoms with Crippen LogP contribution in [0, 0.1) is 5.92 Å². The third kappa shape index (κ3) is 2.99. The van der Waals surface area contributed by atoms with E-state index in [1.54, 1.807) is 0 Å². The van der Waals surface area contributed by atoms with Crippen molar-refractivity contribution in [2.24, 2.45) is 5.92 Å². The fourth-order valence-corrected chi connectivity index (χ4v) is 1.90. The Kier molecular flexibility index (Phi) is 3.31. The average Bonchev–Trinajstić information content (AvgIpc) is 2.10. The summed E-state index contributed by atoms with van der Waals surface area (Å²) in [4.78, 5) is 11.0. The highest BCUT2D eigenvalue weighted by molar-refractivity contribution is 5.77. The molecule has 0 spiro atoms. The van der Waals surface area contributed by atoms with Crippen LogP contribution in [0.25, 0.3) is 0 Å². The highest BCUT2D eigenvalue weighted by Crippen LogP contribution is 2.31. The van der Waals surface area contributed by atoms with Crippen LogP contribution in [-0.2, 0) is 4.79 Å². The molecule has 76 valence electrons. The number of carbonyl (C=O) groups is 1. The molecule has 3 nitrogen and oxygen atoms in total. The van der Waals surface area contributed by atoms with Gasteiger partial charge >= 0.3 is 0 Å². The number of aliphatic hydroxyl groups is 1. The van der Waals surface area contributed by atoms with Crippen LogP contribution in [0.15, 0.2) is 0 Å². The fourth-order valence-electron chi connectivity index (χ4n) is 1.90. The van der Waals surface area contributed by atoms with E-state index in [1.165, 1.54) is 12.8 Å². The summed E-state index contributed by atoms with van der Waals surface area (Å²) in [5.41, 5.74) is -0.0771. The van der Waals surface area contributed by atoms with Crippen LogP contribution in [0.4, 0.5) is 0 Å². The van der Waals surface area contributed by atoms with E-state index in [0.29, 0.717) is 0 Å². The number of amides is 1. The molecule has 3 heteroatoms. The molecule has 0 unspecified atom stereocenters. The zero-order valence-corrected chi connectivity index (χ0v) is 8.47. The lowest BCUT2D eigenvalue weighted by Gasteiger charge is -2.36. The molecule has 0 atom stereocenters. The first-order chi connectivity index (χ1) is 6.06. The molecular formula is C10H19NO2. The second-order valence-electron chi connectivity index (χ2n) is 4.45. The van der Waals surface area contributed by atoms with Gasteiger partial charge in [-0.2, -0.15) is 0 Å². The lowest BCUT2D eigenvalue weighted by atomic mass is 9.78. The van der Waals surface area contributed by atoms with Crippen molar-refractivity contribution in [3.05, 3.63) is 0 Å². The molecule has 0 aromatic carbocycles. The molecule has 1 aliphatic rings. The summed E-state index contributed by atoms with van der Waals surface area (Å²) in [5.74, 6) is 0.524. The molecule has 0 heterocycles. The molecule has 0 radical (unpaired) electrons. The summed E-state index contributed by atoms with van der Waals surface area (Å²) in [6.45, 7) is 3.91. The molecule has 0 aromatic rings. The van der Waals surface area contributed by atoms with E-state index in [9.17, 15) is 4.79 Å². The Labute approximate surface area is 79.5 Å². The van der Waals surface area contributed by atoms with Crippen molar-refractivity contribution in [2.45, 2.75) is 45.1 Å². The Morgan fingerprint density at radius 1 is 1.54 bits per heavy atom. The second-order valence-corrected chi connectivity index (χ2v) is 4.45. The van der Waals surface area contributed by atoms with Gasteiger partial charge in [0, 0.05) is 5.54 Å². The number of hydrogen-bond acceptors (Lipinski definition) is 2. The van der Waals surface area contributed by atoms with Crippen LogP contribution in [0.5, 0.6) is 0 Å². The number of carbonyl (C=O) groups excluding carboxylic acids is 1. The molecule has 0 bridgehead atoms. The van der Waals surface area contributed by atoms with Gasteiger partial charge in [-0.1, -0.05) is 6.92 Å². The Hall–Kier alpha value is -0.570. The van der Waals surface area contributed by atoms with E-state index in [0.717, 1.165) is 18.8 Å². The average molecular weight is 185 g/mol. The van der Waals surface area contributed by atoms with Crippen molar-refractivity contribution in [2.75, 3.05) is 6.61 Å². The van der Waals surface area contributed by atoms with Crippen molar-refractivity contribution >= 4 is 5.91 Å². The predicted octanol–water partition coefficient (Wildman–Crippen LogP) is 1.06. The molecule has 1 aliphatic carbocycles. The van der Waals surface area contributed by atoms with Gasteiger partial charge in [0.1, 0.15) is 6.61 Å². The van der Waals surface area contributed by atoms with Gasteiger partial charge in [-0.3, -0.25) is 4.79 Å². The van der Waals surface area contributed by atoms with Crippen molar-refractivity contribution in [3.8, 4) is 0 Å². The first-order valence-electron chi connectivity index (χ1n) is 4.97. The van der Waals surface area contributed by atoms with Crippen LogP contribution in [-0.4, -0.2) is 23.2 Å². The molecule has 1 rings (SSSR count). The SMILES string of the molecule is CC1CCC(C)(NC(=O)CO)CC1. The lowest BCUT2D eigenvalue weighted by molar-refractivity contribution is -0.126. The quantitative estimate of drug-likeness (QED) is 0.676. The highest BCUT2D eigenvalue weighted by atomic mass is 16.3. The van der Waals surface area contributed by atoms with Gasteiger partial charge in [0.05, 0.1) is 0 Å². The summed E-state index contributed by atoms with van der Waals surface area (Å²) < 4.78 is 0. The third-order valence-electron chi connectivity index (χ3n) is 2.96. The summed E-state index contributed by atoms with van der Waals surface area (Å²) in [7, 11) is 0. The van der Waals surface area contributed by atoms with Crippen molar-refractivity contribution in [1.82, 2.24) is 5.32 Å². The van der Waals surface area contributed by atoms with E-state index in [-0.39, 0.29) is 11.4 Å². The van der Waals surface area contributed by atoms with E-state index in [1.807, 2.05) is 0 Å². The molecule has 13 heavy (non-hydrogen) atoms. The normalized spacial score (nSPS) is 34.2.